The highest BCUT2D eigenvalue weighted by atomic mass is 19.1. The third kappa shape index (κ3) is 1.87. The zero-order chi connectivity index (χ0) is 12.5. The summed E-state index contributed by atoms with van der Waals surface area (Å²) in [6.07, 6.45) is 0. The standard InChI is InChI=1S/C14H11FN2O/c15-11-4-2-10(3-5-11)14-17-12-7-9(8-16)1-6-13(12)18-14/h1-7H,8,16H2. The van der Waals surface area contributed by atoms with E-state index in [-0.39, 0.29) is 5.82 Å². The van der Waals surface area contributed by atoms with Crippen LogP contribution < -0.4 is 5.73 Å². The molecule has 0 aliphatic rings. The van der Waals surface area contributed by atoms with Gasteiger partial charge in [0.25, 0.3) is 0 Å². The van der Waals surface area contributed by atoms with Gasteiger partial charge in [-0.2, -0.15) is 0 Å². The Balaban J connectivity index is 2.10. The molecular formula is C14H11FN2O. The predicted octanol–water partition coefficient (Wildman–Crippen LogP) is 3.09. The van der Waals surface area contributed by atoms with Crippen molar-refractivity contribution in [3.63, 3.8) is 0 Å². The molecular weight excluding hydrogens is 231 g/mol. The topological polar surface area (TPSA) is 52.0 Å². The van der Waals surface area contributed by atoms with E-state index in [9.17, 15) is 4.39 Å². The van der Waals surface area contributed by atoms with Crippen LogP contribution in [0.1, 0.15) is 5.56 Å². The number of benzene rings is 2. The van der Waals surface area contributed by atoms with Crippen molar-refractivity contribution >= 4 is 11.1 Å². The summed E-state index contributed by atoms with van der Waals surface area (Å²) in [7, 11) is 0. The maximum absolute atomic E-state index is 12.8. The Morgan fingerprint density at radius 2 is 1.89 bits per heavy atom. The van der Waals surface area contributed by atoms with Crippen molar-refractivity contribution in [3.05, 3.63) is 53.8 Å². The second kappa shape index (κ2) is 4.23. The van der Waals surface area contributed by atoms with Crippen LogP contribution >= 0.6 is 0 Å². The fourth-order valence-electron chi connectivity index (χ4n) is 1.82. The third-order valence-electron chi connectivity index (χ3n) is 2.78. The molecule has 0 atom stereocenters. The van der Waals surface area contributed by atoms with Crippen molar-refractivity contribution < 1.29 is 8.81 Å². The molecule has 3 rings (SSSR count). The van der Waals surface area contributed by atoms with Gasteiger partial charge in [0.2, 0.25) is 5.89 Å². The quantitative estimate of drug-likeness (QED) is 0.751. The van der Waals surface area contributed by atoms with Gasteiger partial charge >= 0.3 is 0 Å². The lowest BCUT2D eigenvalue weighted by Gasteiger charge is -1.93. The number of halogens is 1. The van der Waals surface area contributed by atoms with Crippen LogP contribution in [0.5, 0.6) is 0 Å². The van der Waals surface area contributed by atoms with Gasteiger partial charge in [-0.3, -0.25) is 0 Å². The maximum atomic E-state index is 12.8. The number of fused-ring (bicyclic) bond motifs is 1. The van der Waals surface area contributed by atoms with E-state index in [0.29, 0.717) is 18.0 Å². The minimum Gasteiger partial charge on any atom is -0.436 e. The summed E-state index contributed by atoms with van der Waals surface area (Å²) in [5.41, 5.74) is 8.79. The molecule has 0 bridgehead atoms. The van der Waals surface area contributed by atoms with Crippen molar-refractivity contribution in [3.8, 4) is 11.5 Å². The van der Waals surface area contributed by atoms with Gasteiger partial charge in [-0.05, 0) is 42.0 Å². The lowest BCUT2D eigenvalue weighted by atomic mass is 10.2. The highest BCUT2D eigenvalue weighted by Gasteiger charge is 2.08. The van der Waals surface area contributed by atoms with Crippen LogP contribution in [-0.2, 0) is 6.54 Å². The molecule has 0 saturated carbocycles. The minimum absolute atomic E-state index is 0.278. The summed E-state index contributed by atoms with van der Waals surface area (Å²) in [4.78, 5) is 4.38. The van der Waals surface area contributed by atoms with Crippen molar-refractivity contribution in [2.45, 2.75) is 6.54 Å². The summed E-state index contributed by atoms with van der Waals surface area (Å²) in [5, 5.41) is 0. The smallest absolute Gasteiger partial charge is 0.227 e. The Labute approximate surface area is 103 Å². The Bertz CT molecular complexity index is 689. The van der Waals surface area contributed by atoms with Crippen LogP contribution in [0.25, 0.3) is 22.6 Å². The highest BCUT2D eigenvalue weighted by molar-refractivity contribution is 5.76. The molecule has 18 heavy (non-hydrogen) atoms. The molecule has 0 amide bonds. The van der Waals surface area contributed by atoms with E-state index in [1.165, 1.54) is 12.1 Å². The molecule has 0 unspecified atom stereocenters. The van der Waals surface area contributed by atoms with Crippen molar-refractivity contribution in [2.75, 3.05) is 0 Å². The molecule has 90 valence electrons. The summed E-state index contributed by atoms with van der Waals surface area (Å²) in [6, 6.07) is 11.7. The SMILES string of the molecule is NCc1ccc2oc(-c3ccc(F)cc3)nc2c1. The van der Waals surface area contributed by atoms with E-state index in [2.05, 4.69) is 4.98 Å². The minimum atomic E-state index is -0.278. The Morgan fingerprint density at radius 1 is 1.11 bits per heavy atom. The zero-order valence-corrected chi connectivity index (χ0v) is 9.56. The number of rotatable bonds is 2. The number of aromatic nitrogens is 1. The van der Waals surface area contributed by atoms with Crippen LogP contribution in [0, 0.1) is 5.82 Å². The number of nitrogens with two attached hydrogens (primary N) is 1. The second-order valence-corrected chi connectivity index (χ2v) is 4.03. The molecule has 0 aliphatic carbocycles. The molecule has 1 aromatic heterocycles. The Hall–Kier alpha value is -2.20. The van der Waals surface area contributed by atoms with Gasteiger partial charge in [0.05, 0.1) is 0 Å². The number of nitrogens with zero attached hydrogens (tertiary/aromatic N) is 1. The zero-order valence-electron chi connectivity index (χ0n) is 9.56. The van der Waals surface area contributed by atoms with Crippen LogP contribution in [0.4, 0.5) is 4.39 Å². The number of hydrogen-bond donors (Lipinski definition) is 1. The van der Waals surface area contributed by atoms with Crippen molar-refractivity contribution in [1.82, 2.24) is 4.98 Å². The van der Waals surface area contributed by atoms with E-state index in [1.54, 1.807) is 12.1 Å². The van der Waals surface area contributed by atoms with Crippen LogP contribution in [0.2, 0.25) is 0 Å². The fourth-order valence-corrected chi connectivity index (χ4v) is 1.82. The normalized spacial score (nSPS) is 11.0. The van der Waals surface area contributed by atoms with Crippen molar-refractivity contribution in [1.29, 1.82) is 0 Å². The Kier molecular flexibility index (Phi) is 2.57. The summed E-state index contributed by atoms with van der Waals surface area (Å²) in [6.45, 7) is 0.467. The van der Waals surface area contributed by atoms with Gasteiger partial charge < -0.3 is 10.2 Å². The Morgan fingerprint density at radius 3 is 2.61 bits per heavy atom. The summed E-state index contributed by atoms with van der Waals surface area (Å²) < 4.78 is 18.5. The van der Waals surface area contributed by atoms with E-state index in [4.69, 9.17) is 10.2 Å². The van der Waals surface area contributed by atoms with Gasteiger partial charge in [-0.25, -0.2) is 9.37 Å². The first-order valence-electron chi connectivity index (χ1n) is 5.62. The predicted molar refractivity (Wildman–Crippen MR) is 67.3 cm³/mol. The van der Waals surface area contributed by atoms with E-state index in [0.717, 1.165) is 16.6 Å². The first-order chi connectivity index (χ1) is 8.76. The number of oxazole rings is 1. The summed E-state index contributed by atoms with van der Waals surface area (Å²) >= 11 is 0. The van der Waals surface area contributed by atoms with Crippen molar-refractivity contribution in [2.24, 2.45) is 5.73 Å². The van der Waals surface area contributed by atoms with Crippen LogP contribution in [0.15, 0.2) is 46.9 Å². The van der Waals surface area contributed by atoms with E-state index in [1.807, 2.05) is 18.2 Å². The molecule has 2 N–H and O–H groups in total. The van der Waals surface area contributed by atoms with Gasteiger partial charge in [-0.15, -0.1) is 0 Å². The van der Waals surface area contributed by atoms with Crippen LogP contribution in [0.3, 0.4) is 0 Å². The highest BCUT2D eigenvalue weighted by Crippen LogP contribution is 2.24. The molecule has 0 aliphatic heterocycles. The average Bonchev–Trinajstić information content (AvgIpc) is 2.82. The molecule has 0 spiro atoms. The largest absolute Gasteiger partial charge is 0.436 e. The van der Waals surface area contributed by atoms with Gasteiger partial charge in [-0.1, -0.05) is 6.07 Å². The average molecular weight is 242 g/mol. The first-order valence-corrected chi connectivity index (χ1v) is 5.62. The van der Waals surface area contributed by atoms with Gasteiger partial charge in [0, 0.05) is 12.1 Å². The van der Waals surface area contributed by atoms with Gasteiger partial charge in [0.15, 0.2) is 5.58 Å². The van der Waals surface area contributed by atoms with Crippen LogP contribution in [-0.4, -0.2) is 4.98 Å². The maximum Gasteiger partial charge on any atom is 0.227 e. The third-order valence-corrected chi connectivity index (χ3v) is 2.78. The van der Waals surface area contributed by atoms with E-state index < -0.39 is 0 Å². The molecule has 2 aromatic carbocycles. The van der Waals surface area contributed by atoms with E-state index >= 15 is 0 Å². The lowest BCUT2D eigenvalue weighted by molar-refractivity contribution is 0.616. The molecule has 1 heterocycles. The molecule has 3 nitrogen and oxygen atoms in total. The molecule has 0 radical (unpaired) electrons. The monoisotopic (exact) mass is 242 g/mol. The molecule has 0 fully saturated rings. The second-order valence-electron chi connectivity index (χ2n) is 4.03. The fraction of sp³-hybridized carbons (Fsp3) is 0.0714. The molecule has 3 aromatic rings. The van der Waals surface area contributed by atoms with Gasteiger partial charge in [0.1, 0.15) is 11.3 Å². The lowest BCUT2D eigenvalue weighted by Crippen LogP contribution is -1.94. The molecule has 4 heteroatoms. The molecule has 0 saturated heterocycles. The number of hydrogen-bond acceptors (Lipinski definition) is 3. The first kappa shape index (κ1) is 10.9. The summed E-state index contributed by atoms with van der Waals surface area (Å²) in [5.74, 6) is 0.208.